The first-order valence-corrected chi connectivity index (χ1v) is 20.7. The van der Waals surface area contributed by atoms with Gasteiger partial charge >= 0.3 is 0 Å². The number of fused-ring (bicyclic) bond motifs is 2. The van der Waals surface area contributed by atoms with Crippen molar-refractivity contribution in [2.24, 2.45) is 0 Å². The first-order valence-electron chi connectivity index (χ1n) is 13.3. The fraction of sp³-hybridized carbons (Fsp3) is 0.375. The Hall–Kier alpha value is -1.51. The molecule has 39 heavy (non-hydrogen) atoms. The summed E-state index contributed by atoms with van der Waals surface area (Å²) in [6.07, 6.45) is 0. The molecular weight excluding hydrogens is 623 g/mol. The second-order valence-electron chi connectivity index (χ2n) is 13.5. The van der Waals surface area contributed by atoms with E-state index in [2.05, 4.69) is 114 Å². The van der Waals surface area contributed by atoms with Crippen molar-refractivity contribution in [2.45, 2.75) is 77.8 Å². The predicted molar refractivity (Wildman–Crippen MR) is 180 cm³/mol. The summed E-state index contributed by atoms with van der Waals surface area (Å²) in [5.74, 6) is 1.72. The molecule has 208 valence electrons. The Morgan fingerprint density at radius 2 is 1.08 bits per heavy atom. The van der Waals surface area contributed by atoms with Crippen molar-refractivity contribution >= 4 is 77.3 Å². The minimum atomic E-state index is -2.20. The topological polar surface area (TPSA) is 18.5 Å². The third-order valence-electron chi connectivity index (χ3n) is 8.55. The van der Waals surface area contributed by atoms with Crippen molar-refractivity contribution in [3.8, 4) is 22.6 Å². The molecule has 0 amide bonds. The van der Waals surface area contributed by atoms with Crippen LogP contribution >= 0.6 is 39.1 Å². The van der Waals surface area contributed by atoms with Gasteiger partial charge in [0.25, 0.3) is 16.6 Å². The van der Waals surface area contributed by atoms with Crippen LogP contribution in [0.4, 0.5) is 0 Å². The first-order chi connectivity index (χ1) is 17.8. The number of halogens is 3. The van der Waals surface area contributed by atoms with E-state index in [-0.39, 0.29) is 10.1 Å². The van der Waals surface area contributed by atoms with Crippen LogP contribution in [0.1, 0.15) is 41.5 Å². The van der Waals surface area contributed by atoms with Crippen molar-refractivity contribution in [3.63, 3.8) is 0 Å². The molecule has 2 nitrogen and oxygen atoms in total. The minimum absolute atomic E-state index is 0.0262. The van der Waals surface area contributed by atoms with E-state index in [9.17, 15) is 0 Å². The summed E-state index contributed by atoms with van der Waals surface area (Å²) >= 11 is 16.8. The first kappa shape index (κ1) is 30.5. The summed E-state index contributed by atoms with van der Waals surface area (Å²) in [7, 11) is -4.38. The Bertz CT molecular complexity index is 1570. The van der Waals surface area contributed by atoms with Crippen LogP contribution in [-0.2, 0) is 0 Å². The highest BCUT2D eigenvalue weighted by Crippen LogP contribution is 2.51. The van der Waals surface area contributed by atoms with E-state index < -0.39 is 16.6 Å². The maximum atomic E-state index is 7.10. The third kappa shape index (κ3) is 5.94. The molecule has 0 saturated heterocycles. The summed E-state index contributed by atoms with van der Waals surface area (Å²) < 4.78 is 15.1. The molecule has 0 fully saturated rings. The number of hydrogen-bond donors (Lipinski definition) is 0. The zero-order valence-electron chi connectivity index (χ0n) is 24.6. The molecular formula is C32H39BrCl2O2Si2. The van der Waals surface area contributed by atoms with Crippen LogP contribution in [0.15, 0.2) is 59.1 Å². The lowest BCUT2D eigenvalue weighted by Crippen LogP contribution is -2.44. The maximum Gasteiger partial charge on any atom is 0.250 e. The van der Waals surface area contributed by atoms with Gasteiger partial charge in [-0.2, -0.15) is 0 Å². The summed E-state index contributed by atoms with van der Waals surface area (Å²) in [5, 5.41) is 5.69. The van der Waals surface area contributed by atoms with E-state index in [0.29, 0.717) is 10.0 Å². The van der Waals surface area contributed by atoms with Gasteiger partial charge in [0, 0.05) is 25.6 Å². The Morgan fingerprint density at radius 3 is 1.64 bits per heavy atom. The summed E-state index contributed by atoms with van der Waals surface area (Å²) in [5.41, 5.74) is 2.05. The SMILES string of the molecule is CC(C)(C)[Si](C)(C)Oc1ccc2cc(Cl)ccc2c1-c1c(O[Si](C)(C)C(C)(C)C)cc(Br)c2cc(Cl)ccc12. The summed E-state index contributed by atoms with van der Waals surface area (Å²) in [6.45, 7) is 22.7. The highest BCUT2D eigenvalue weighted by Gasteiger charge is 2.41. The third-order valence-corrected chi connectivity index (χ3v) is 18.4. The van der Waals surface area contributed by atoms with Gasteiger partial charge < -0.3 is 8.85 Å². The minimum Gasteiger partial charge on any atom is -0.543 e. The standard InChI is InChI=1S/C32H39BrCl2O2Si2/c1-31(2,3)38(7,8)36-27-16-11-20-17-21(34)12-14-23(20)29(27)30-24-15-13-22(35)18-25(24)26(33)19-28(30)37-39(9,10)32(4,5)6/h11-19H,1-10H3. The van der Waals surface area contributed by atoms with Crippen LogP contribution < -0.4 is 8.85 Å². The molecule has 7 heteroatoms. The molecule has 0 saturated carbocycles. The van der Waals surface area contributed by atoms with Gasteiger partial charge in [-0.25, -0.2) is 0 Å². The highest BCUT2D eigenvalue weighted by atomic mass is 79.9. The zero-order chi connectivity index (χ0) is 29.1. The summed E-state index contributed by atoms with van der Waals surface area (Å²) in [4.78, 5) is 0. The Kier molecular flexibility index (Phi) is 8.12. The second kappa shape index (κ2) is 10.4. The molecule has 4 rings (SSSR count). The molecule has 4 aromatic carbocycles. The highest BCUT2D eigenvalue weighted by molar-refractivity contribution is 9.10. The molecule has 0 atom stereocenters. The van der Waals surface area contributed by atoms with Gasteiger partial charge in [-0.05, 0) is 94.2 Å². The molecule has 0 aliphatic heterocycles. The molecule has 0 heterocycles. The zero-order valence-corrected chi connectivity index (χ0v) is 29.7. The van der Waals surface area contributed by atoms with Crippen LogP contribution in [0, 0.1) is 0 Å². The largest absolute Gasteiger partial charge is 0.543 e. The Labute approximate surface area is 254 Å². The van der Waals surface area contributed by atoms with Gasteiger partial charge in [-0.3, -0.25) is 0 Å². The fourth-order valence-electron chi connectivity index (χ4n) is 4.15. The van der Waals surface area contributed by atoms with Crippen LogP contribution in [0.5, 0.6) is 11.5 Å². The van der Waals surface area contributed by atoms with Crippen molar-refractivity contribution in [2.75, 3.05) is 0 Å². The average molecular weight is 663 g/mol. The normalized spacial score (nSPS) is 13.3. The Morgan fingerprint density at radius 1 is 0.590 bits per heavy atom. The van der Waals surface area contributed by atoms with Crippen molar-refractivity contribution in [1.29, 1.82) is 0 Å². The van der Waals surface area contributed by atoms with Crippen LogP contribution in [0.25, 0.3) is 32.7 Å². The van der Waals surface area contributed by atoms with Crippen molar-refractivity contribution < 1.29 is 8.85 Å². The Balaban J connectivity index is 2.17. The van der Waals surface area contributed by atoms with Gasteiger partial charge in [-0.1, -0.05) is 98.9 Å². The molecule has 4 aromatic rings. The van der Waals surface area contributed by atoms with Gasteiger partial charge in [0.15, 0.2) is 0 Å². The average Bonchev–Trinajstić information content (AvgIpc) is 2.78. The van der Waals surface area contributed by atoms with E-state index in [1.807, 2.05) is 24.3 Å². The lowest BCUT2D eigenvalue weighted by molar-refractivity contribution is 0.489. The van der Waals surface area contributed by atoms with Crippen LogP contribution in [-0.4, -0.2) is 16.6 Å². The molecule has 0 aliphatic carbocycles. The molecule has 0 aliphatic rings. The fourth-order valence-corrected chi connectivity index (χ4v) is 7.08. The van der Waals surface area contributed by atoms with Crippen LogP contribution in [0.3, 0.4) is 0 Å². The lowest BCUT2D eigenvalue weighted by atomic mass is 9.92. The van der Waals surface area contributed by atoms with Gasteiger partial charge in [-0.15, -0.1) is 0 Å². The predicted octanol–water partition coefficient (Wildman–Crippen LogP) is 12.5. The van der Waals surface area contributed by atoms with Crippen LogP contribution in [0.2, 0.25) is 46.3 Å². The maximum absolute atomic E-state index is 7.10. The summed E-state index contributed by atoms with van der Waals surface area (Å²) in [6, 6.07) is 18.5. The van der Waals surface area contributed by atoms with Gasteiger partial charge in [0.1, 0.15) is 11.5 Å². The van der Waals surface area contributed by atoms with Gasteiger partial charge in [0.2, 0.25) is 0 Å². The number of hydrogen-bond acceptors (Lipinski definition) is 2. The smallest absolute Gasteiger partial charge is 0.250 e. The van der Waals surface area contributed by atoms with E-state index in [0.717, 1.165) is 48.6 Å². The molecule has 0 bridgehead atoms. The van der Waals surface area contributed by atoms with Crippen molar-refractivity contribution in [1.82, 2.24) is 0 Å². The van der Waals surface area contributed by atoms with Crippen molar-refractivity contribution in [3.05, 3.63) is 69.1 Å². The van der Waals surface area contributed by atoms with E-state index in [1.54, 1.807) is 0 Å². The molecule has 0 spiro atoms. The van der Waals surface area contributed by atoms with E-state index >= 15 is 0 Å². The molecule has 0 aromatic heterocycles. The molecule has 0 radical (unpaired) electrons. The quantitative estimate of drug-likeness (QED) is 0.198. The second-order valence-corrected chi connectivity index (χ2v) is 24.6. The van der Waals surface area contributed by atoms with Gasteiger partial charge in [0.05, 0.1) is 0 Å². The lowest BCUT2D eigenvalue weighted by Gasteiger charge is -2.38. The monoisotopic (exact) mass is 660 g/mol. The van der Waals surface area contributed by atoms with E-state index in [4.69, 9.17) is 32.1 Å². The number of benzene rings is 4. The number of rotatable bonds is 5. The molecule has 0 unspecified atom stereocenters. The van der Waals surface area contributed by atoms with E-state index in [1.165, 1.54) is 0 Å². The molecule has 0 N–H and O–H groups in total.